The van der Waals surface area contributed by atoms with Crippen LogP contribution in [0.1, 0.15) is 38.7 Å². The van der Waals surface area contributed by atoms with Crippen molar-refractivity contribution in [2.24, 2.45) is 0 Å². The highest BCUT2D eigenvalue weighted by atomic mass is 16.2. The van der Waals surface area contributed by atoms with E-state index in [1.54, 1.807) is 4.90 Å². The lowest BCUT2D eigenvalue weighted by atomic mass is 10.2. The van der Waals surface area contributed by atoms with Gasteiger partial charge in [-0.15, -0.1) is 0 Å². The van der Waals surface area contributed by atoms with Gasteiger partial charge in [-0.05, 0) is 24.5 Å². The Bertz CT molecular complexity index is 513. The molecule has 0 aromatic heterocycles. The van der Waals surface area contributed by atoms with Crippen molar-refractivity contribution in [1.29, 1.82) is 0 Å². The lowest BCUT2D eigenvalue weighted by molar-refractivity contribution is -0.133. The summed E-state index contributed by atoms with van der Waals surface area (Å²) in [6, 6.07) is 8.00. The fraction of sp³-hybridized carbons (Fsp3) is 0.529. The van der Waals surface area contributed by atoms with Gasteiger partial charge in [0.2, 0.25) is 11.8 Å². The maximum absolute atomic E-state index is 12.5. The first-order chi connectivity index (χ1) is 10.1. The zero-order chi connectivity index (χ0) is 15.2. The Kier molecular flexibility index (Phi) is 5.37. The normalized spacial score (nSPS) is 13.1. The number of rotatable bonds is 6. The minimum Gasteiger partial charge on any atom is -0.334 e. The Morgan fingerprint density at radius 2 is 2.00 bits per heavy atom. The van der Waals surface area contributed by atoms with Crippen LogP contribution in [-0.2, 0) is 16.0 Å². The van der Waals surface area contributed by atoms with E-state index in [-0.39, 0.29) is 18.4 Å². The van der Waals surface area contributed by atoms with Gasteiger partial charge in [-0.1, -0.05) is 38.0 Å². The molecule has 21 heavy (non-hydrogen) atoms. The van der Waals surface area contributed by atoms with Gasteiger partial charge in [0.1, 0.15) is 6.54 Å². The largest absolute Gasteiger partial charge is 0.334 e. The van der Waals surface area contributed by atoms with Crippen molar-refractivity contribution >= 4 is 17.5 Å². The van der Waals surface area contributed by atoms with Crippen LogP contribution in [-0.4, -0.2) is 36.3 Å². The zero-order valence-electron chi connectivity index (χ0n) is 13.0. The molecule has 2 rings (SSSR count). The molecule has 1 aromatic carbocycles. The molecular weight excluding hydrogens is 264 g/mol. The molecule has 1 aromatic rings. The van der Waals surface area contributed by atoms with Crippen molar-refractivity contribution in [1.82, 2.24) is 4.90 Å². The van der Waals surface area contributed by atoms with E-state index in [1.807, 2.05) is 23.1 Å². The van der Waals surface area contributed by atoms with Crippen LogP contribution in [0.3, 0.4) is 0 Å². The van der Waals surface area contributed by atoms with Gasteiger partial charge in [-0.3, -0.25) is 9.59 Å². The van der Waals surface area contributed by atoms with Crippen LogP contribution < -0.4 is 4.90 Å². The quantitative estimate of drug-likeness (QED) is 0.755. The highest BCUT2D eigenvalue weighted by Crippen LogP contribution is 2.27. The zero-order valence-corrected chi connectivity index (χ0v) is 13.0. The number of carbonyl (C=O) groups is 2. The molecule has 4 nitrogen and oxygen atoms in total. The molecule has 0 spiro atoms. The smallest absolute Gasteiger partial charge is 0.246 e. The van der Waals surface area contributed by atoms with Crippen LogP contribution in [0, 0.1) is 0 Å². The fourth-order valence-electron chi connectivity index (χ4n) is 2.75. The molecule has 1 aliphatic rings. The van der Waals surface area contributed by atoms with Gasteiger partial charge in [0.15, 0.2) is 0 Å². The third-order valence-corrected chi connectivity index (χ3v) is 3.99. The molecule has 0 saturated carbocycles. The molecule has 0 saturated heterocycles. The minimum atomic E-state index is -0.0214. The summed E-state index contributed by atoms with van der Waals surface area (Å²) in [4.78, 5) is 27.7. The van der Waals surface area contributed by atoms with Gasteiger partial charge in [-0.25, -0.2) is 0 Å². The van der Waals surface area contributed by atoms with Crippen molar-refractivity contribution in [3.8, 4) is 0 Å². The van der Waals surface area contributed by atoms with Gasteiger partial charge in [0, 0.05) is 25.7 Å². The summed E-state index contributed by atoms with van der Waals surface area (Å²) in [6.07, 6.45) is 4.06. The van der Waals surface area contributed by atoms with Gasteiger partial charge in [0.25, 0.3) is 0 Å². The van der Waals surface area contributed by atoms with Crippen molar-refractivity contribution in [3.05, 3.63) is 29.8 Å². The highest BCUT2D eigenvalue weighted by Gasteiger charge is 2.25. The Morgan fingerprint density at radius 3 is 2.71 bits per heavy atom. The molecule has 4 heteroatoms. The average Bonchev–Trinajstić information content (AvgIpc) is 2.90. The lowest BCUT2D eigenvalue weighted by Crippen LogP contribution is -2.42. The number of benzene rings is 1. The molecule has 0 fully saturated rings. The minimum absolute atomic E-state index is 0.0200. The van der Waals surface area contributed by atoms with Crippen molar-refractivity contribution < 1.29 is 9.59 Å². The first kappa shape index (κ1) is 15.5. The van der Waals surface area contributed by atoms with Crippen LogP contribution in [0.25, 0.3) is 0 Å². The monoisotopic (exact) mass is 288 g/mol. The van der Waals surface area contributed by atoms with Crippen molar-refractivity contribution in [3.63, 3.8) is 0 Å². The highest BCUT2D eigenvalue weighted by molar-refractivity contribution is 5.98. The second kappa shape index (κ2) is 7.25. The number of unbranched alkanes of at least 4 members (excludes halogenated alkanes) is 2. The first-order valence-corrected chi connectivity index (χ1v) is 7.77. The predicted molar refractivity (Wildman–Crippen MR) is 84.3 cm³/mol. The summed E-state index contributed by atoms with van der Waals surface area (Å²) in [7, 11) is 0. The number of nitrogens with zero attached hydrogens (tertiary/aromatic N) is 2. The maximum atomic E-state index is 12.5. The molecule has 0 radical (unpaired) electrons. The summed E-state index contributed by atoms with van der Waals surface area (Å²) in [5, 5.41) is 0. The van der Waals surface area contributed by atoms with E-state index in [4.69, 9.17) is 0 Å². The first-order valence-electron chi connectivity index (χ1n) is 7.77. The molecule has 0 atom stereocenters. The topological polar surface area (TPSA) is 40.6 Å². The fourth-order valence-corrected chi connectivity index (χ4v) is 2.75. The Labute approximate surface area is 126 Å². The van der Waals surface area contributed by atoms with E-state index in [9.17, 15) is 9.59 Å². The number of hydrogen-bond acceptors (Lipinski definition) is 2. The van der Waals surface area contributed by atoms with Gasteiger partial charge in [0.05, 0.1) is 0 Å². The second-order valence-corrected chi connectivity index (χ2v) is 5.57. The third kappa shape index (κ3) is 3.84. The van der Waals surface area contributed by atoms with Crippen LogP contribution >= 0.6 is 0 Å². The molecule has 0 N–H and O–H groups in total. The Hall–Kier alpha value is -1.84. The molecule has 114 valence electrons. The predicted octanol–water partition coefficient (Wildman–Crippen LogP) is 2.61. The molecular formula is C17H24N2O2. The number of para-hydroxylation sites is 1. The number of anilines is 1. The molecule has 0 bridgehead atoms. The Balaban J connectivity index is 1.98. The molecule has 1 heterocycles. The van der Waals surface area contributed by atoms with Gasteiger partial charge in [-0.2, -0.15) is 0 Å². The van der Waals surface area contributed by atoms with E-state index in [2.05, 4.69) is 13.0 Å². The summed E-state index contributed by atoms with van der Waals surface area (Å²) >= 11 is 0. The summed E-state index contributed by atoms with van der Waals surface area (Å²) in [6.45, 7) is 5.25. The molecule has 1 aliphatic heterocycles. The van der Waals surface area contributed by atoms with E-state index in [1.165, 1.54) is 12.5 Å². The van der Waals surface area contributed by atoms with Gasteiger partial charge < -0.3 is 9.80 Å². The van der Waals surface area contributed by atoms with E-state index >= 15 is 0 Å². The van der Waals surface area contributed by atoms with E-state index in [0.29, 0.717) is 6.54 Å². The van der Waals surface area contributed by atoms with Crippen LogP contribution in [0.2, 0.25) is 0 Å². The number of fused-ring (bicyclic) bond motifs is 1. The van der Waals surface area contributed by atoms with E-state index < -0.39 is 0 Å². The Morgan fingerprint density at radius 1 is 1.24 bits per heavy atom. The van der Waals surface area contributed by atoms with Gasteiger partial charge >= 0.3 is 0 Å². The van der Waals surface area contributed by atoms with E-state index in [0.717, 1.165) is 37.9 Å². The molecule has 0 unspecified atom stereocenters. The SMILES string of the molecule is CCCCCN(CC(=O)N1CCc2ccccc21)C(C)=O. The standard InChI is InChI=1S/C17H24N2O2/c1-3-4-7-11-18(14(2)20)13-17(21)19-12-10-15-8-5-6-9-16(15)19/h5-6,8-9H,3-4,7,10-13H2,1-2H3. The number of carbonyl (C=O) groups excluding carboxylic acids is 2. The molecule has 0 aliphatic carbocycles. The lowest BCUT2D eigenvalue weighted by Gasteiger charge is -2.24. The summed E-state index contributed by atoms with van der Waals surface area (Å²) in [5.41, 5.74) is 2.21. The van der Waals surface area contributed by atoms with Crippen LogP contribution in [0.4, 0.5) is 5.69 Å². The van der Waals surface area contributed by atoms with Crippen LogP contribution in [0.15, 0.2) is 24.3 Å². The average molecular weight is 288 g/mol. The number of amides is 2. The third-order valence-electron chi connectivity index (χ3n) is 3.99. The summed E-state index contributed by atoms with van der Waals surface area (Å²) < 4.78 is 0. The maximum Gasteiger partial charge on any atom is 0.246 e. The molecule has 2 amide bonds. The summed E-state index contributed by atoms with van der Waals surface area (Å²) in [5.74, 6) is -0.00131. The number of hydrogen-bond donors (Lipinski definition) is 0. The second-order valence-electron chi connectivity index (χ2n) is 5.57. The van der Waals surface area contributed by atoms with Crippen LogP contribution in [0.5, 0.6) is 0 Å². The van der Waals surface area contributed by atoms with Crippen molar-refractivity contribution in [2.75, 3.05) is 24.5 Å². The van der Waals surface area contributed by atoms with Crippen molar-refractivity contribution in [2.45, 2.75) is 39.5 Å².